The van der Waals surface area contributed by atoms with Crippen molar-refractivity contribution >= 4 is 17.3 Å². The Hall–Kier alpha value is -3.30. The van der Waals surface area contributed by atoms with Crippen LogP contribution in [0.4, 0.5) is 20.2 Å². The number of halogens is 2. The SMILES string of the molecule is NC(C(=O)Nc1cc(F)c(-c2cn[nH]c2)cc1N1CCC(O)CC1)c1ccc(F)cc1. The minimum Gasteiger partial charge on any atom is -0.393 e. The Bertz CT molecular complexity index is 1050. The van der Waals surface area contributed by atoms with E-state index in [2.05, 4.69) is 15.5 Å². The van der Waals surface area contributed by atoms with Crippen LogP contribution in [0.3, 0.4) is 0 Å². The number of hydrogen-bond acceptors (Lipinski definition) is 5. The molecule has 5 N–H and O–H groups in total. The third-order valence-corrected chi connectivity index (χ3v) is 5.47. The van der Waals surface area contributed by atoms with E-state index in [9.17, 15) is 18.7 Å². The van der Waals surface area contributed by atoms with Gasteiger partial charge < -0.3 is 21.1 Å². The summed E-state index contributed by atoms with van der Waals surface area (Å²) in [5.74, 6) is -1.49. The van der Waals surface area contributed by atoms with Crippen LogP contribution in [-0.2, 0) is 4.79 Å². The molecule has 1 saturated heterocycles. The number of anilines is 2. The van der Waals surface area contributed by atoms with Crippen LogP contribution in [0.15, 0.2) is 48.8 Å². The zero-order valence-electron chi connectivity index (χ0n) is 16.7. The highest BCUT2D eigenvalue weighted by Crippen LogP contribution is 2.36. The first-order valence-electron chi connectivity index (χ1n) is 10.00. The number of H-pyrrole nitrogens is 1. The van der Waals surface area contributed by atoms with E-state index in [0.717, 1.165) is 0 Å². The van der Waals surface area contributed by atoms with E-state index >= 15 is 0 Å². The Morgan fingerprint density at radius 2 is 1.94 bits per heavy atom. The van der Waals surface area contributed by atoms with Gasteiger partial charge in [-0.2, -0.15) is 5.10 Å². The van der Waals surface area contributed by atoms with Crippen LogP contribution < -0.4 is 16.0 Å². The zero-order chi connectivity index (χ0) is 22.0. The summed E-state index contributed by atoms with van der Waals surface area (Å²) in [6.45, 7) is 1.12. The normalized spacial score (nSPS) is 15.7. The maximum absolute atomic E-state index is 14.9. The summed E-state index contributed by atoms with van der Waals surface area (Å²) in [4.78, 5) is 14.8. The number of aliphatic hydroxyl groups excluding tert-OH is 1. The average molecular weight is 427 g/mol. The van der Waals surface area contributed by atoms with Gasteiger partial charge in [-0.3, -0.25) is 9.89 Å². The van der Waals surface area contributed by atoms with Crippen molar-refractivity contribution in [1.82, 2.24) is 10.2 Å². The zero-order valence-corrected chi connectivity index (χ0v) is 16.7. The maximum Gasteiger partial charge on any atom is 0.245 e. The second kappa shape index (κ2) is 8.83. The van der Waals surface area contributed by atoms with Crippen LogP contribution in [0.2, 0.25) is 0 Å². The van der Waals surface area contributed by atoms with Crippen LogP contribution in [0.25, 0.3) is 11.1 Å². The smallest absolute Gasteiger partial charge is 0.245 e. The summed E-state index contributed by atoms with van der Waals surface area (Å²) in [5.41, 5.74) is 8.32. The van der Waals surface area contributed by atoms with Crippen molar-refractivity contribution < 1.29 is 18.7 Å². The summed E-state index contributed by atoms with van der Waals surface area (Å²) in [6.07, 6.45) is 3.87. The van der Waals surface area contributed by atoms with Gasteiger partial charge in [0.25, 0.3) is 0 Å². The van der Waals surface area contributed by atoms with E-state index in [0.29, 0.717) is 48.3 Å². The molecule has 2 aromatic carbocycles. The molecule has 31 heavy (non-hydrogen) atoms. The van der Waals surface area contributed by atoms with Crippen molar-refractivity contribution in [2.75, 3.05) is 23.3 Å². The lowest BCUT2D eigenvalue weighted by Gasteiger charge is -2.33. The highest BCUT2D eigenvalue weighted by Gasteiger charge is 2.24. The Kier molecular flexibility index (Phi) is 5.97. The molecule has 4 rings (SSSR count). The number of piperidine rings is 1. The van der Waals surface area contributed by atoms with Crippen molar-refractivity contribution in [3.63, 3.8) is 0 Å². The fraction of sp³-hybridized carbons (Fsp3) is 0.273. The van der Waals surface area contributed by atoms with Gasteiger partial charge in [0, 0.05) is 36.5 Å². The summed E-state index contributed by atoms with van der Waals surface area (Å²) in [7, 11) is 0. The van der Waals surface area contributed by atoms with Crippen molar-refractivity contribution in [2.45, 2.75) is 25.0 Å². The second-order valence-electron chi connectivity index (χ2n) is 7.57. The van der Waals surface area contributed by atoms with Gasteiger partial charge in [-0.15, -0.1) is 0 Å². The lowest BCUT2D eigenvalue weighted by molar-refractivity contribution is -0.117. The number of nitrogens with two attached hydrogens (primary N) is 1. The summed E-state index contributed by atoms with van der Waals surface area (Å²) in [6, 6.07) is 7.21. The van der Waals surface area contributed by atoms with Gasteiger partial charge in [0.2, 0.25) is 5.91 Å². The van der Waals surface area contributed by atoms with E-state index in [1.807, 2.05) is 4.90 Å². The first kappa shape index (κ1) is 21.0. The number of aliphatic hydroxyl groups is 1. The predicted molar refractivity (Wildman–Crippen MR) is 113 cm³/mol. The third kappa shape index (κ3) is 4.57. The molecule has 9 heteroatoms. The standard InChI is InChI=1S/C22H23F2N5O2/c23-15-3-1-13(2-4-15)21(25)22(31)28-19-10-18(24)17(14-11-26-27-12-14)9-20(19)29-7-5-16(30)6-8-29/h1-4,9-12,16,21,30H,5-8,25H2,(H,26,27)(H,28,31). The van der Waals surface area contributed by atoms with Crippen LogP contribution >= 0.6 is 0 Å². The summed E-state index contributed by atoms with van der Waals surface area (Å²) >= 11 is 0. The van der Waals surface area contributed by atoms with E-state index in [-0.39, 0.29) is 11.8 Å². The van der Waals surface area contributed by atoms with Crippen molar-refractivity contribution in [3.8, 4) is 11.1 Å². The lowest BCUT2D eigenvalue weighted by Crippen LogP contribution is -2.37. The fourth-order valence-corrected chi connectivity index (χ4v) is 3.68. The molecule has 2 heterocycles. The number of hydrogen-bond donors (Lipinski definition) is 4. The van der Waals surface area contributed by atoms with Crippen LogP contribution in [0.5, 0.6) is 0 Å². The number of nitrogens with one attached hydrogen (secondary N) is 2. The molecule has 162 valence electrons. The number of carbonyl (C=O) groups excluding carboxylic acids is 1. The summed E-state index contributed by atoms with van der Waals surface area (Å²) in [5, 5.41) is 19.1. The Morgan fingerprint density at radius 3 is 2.58 bits per heavy atom. The van der Waals surface area contributed by atoms with Gasteiger partial charge in [-0.05, 0) is 36.6 Å². The number of carbonyl (C=O) groups is 1. The molecule has 1 unspecified atom stereocenters. The first-order chi connectivity index (χ1) is 14.9. The Labute approximate surface area is 177 Å². The number of aromatic nitrogens is 2. The molecule has 1 amide bonds. The largest absolute Gasteiger partial charge is 0.393 e. The molecular formula is C22H23F2N5O2. The van der Waals surface area contributed by atoms with E-state index in [1.165, 1.54) is 36.5 Å². The molecule has 0 aliphatic carbocycles. The fourth-order valence-electron chi connectivity index (χ4n) is 3.68. The number of nitrogens with zero attached hydrogens (tertiary/aromatic N) is 2. The molecule has 1 aromatic heterocycles. The summed E-state index contributed by atoms with van der Waals surface area (Å²) < 4.78 is 28.1. The van der Waals surface area contributed by atoms with E-state index < -0.39 is 23.6 Å². The highest BCUT2D eigenvalue weighted by molar-refractivity contribution is 5.99. The molecule has 0 saturated carbocycles. The molecule has 0 radical (unpaired) electrons. The molecule has 0 spiro atoms. The highest BCUT2D eigenvalue weighted by atomic mass is 19.1. The van der Waals surface area contributed by atoms with Gasteiger partial charge in [0.15, 0.2) is 0 Å². The average Bonchev–Trinajstić information content (AvgIpc) is 3.29. The first-order valence-corrected chi connectivity index (χ1v) is 10.00. The molecular weight excluding hydrogens is 404 g/mol. The Balaban J connectivity index is 1.66. The maximum atomic E-state index is 14.9. The van der Waals surface area contributed by atoms with Gasteiger partial charge in [-0.25, -0.2) is 8.78 Å². The van der Waals surface area contributed by atoms with E-state index in [1.54, 1.807) is 12.3 Å². The topological polar surface area (TPSA) is 107 Å². The van der Waals surface area contributed by atoms with Crippen molar-refractivity contribution in [2.24, 2.45) is 5.73 Å². The third-order valence-electron chi connectivity index (χ3n) is 5.47. The molecule has 1 aliphatic heterocycles. The molecule has 0 bridgehead atoms. The van der Waals surface area contributed by atoms with Crippen molar-refractivity contribution in [1.29, 1.82) is 0 Å². The second-order valence-corrected chi connectivity index (χ2v) is 7.57. The van der Waals surface area contributed by atoms with Gasteiger partial charge in [0.1, 0.15) is 17.7 Å². The number of benzene rings is 2. The van der Waals surface area contributed by atoms with Crippen LogP contribution in [0.1, 0.15) is 24.4 Å². The molecule has 1 aliphatic rings. The minimum atomic E-state index is -1.05. The predicted octanol–water partition coefficient (Wildman–Crippen LogP) is 2.95. The minimum absolute atomic E-state index is 0.281. The molecule has 7 nitrogen and oxygen atoms in total. The quantitative estimate of drug-likeness (QED) is 0.501. The number of amides is 1. The van der Waals surface area contributed by atoms with Gasteiger partial charge in [0.05, 0.1) is 23.7 Å². The van der Waals surface area contributed by atoms with Crippen LogP contribution in [-0.4, -0.2) is 40.4 Å². The van der Waals surface area contributed by atoms with Crippen LogP contribution in [0, 0.1) is 11.6 Å². The van der Waals surface area contributed by atoms with Gasteiger partial charge in [-0.1, -0.05) is 12.1 Å². The lowest BCUT2D eigenvalue weighted by atomic mass is 10.0. The Morgan fingerprint density at radius 1 is 1.23 bits per heavy atom. The monoisotopic (exact) mass is 427 g/mol. The number of rotatable bonds is 5. The molecule has 3 aromatic rings. The van der Waals surface area contributed by atoms with E-state index in [4.69, 9.17) is 5.73 Å². The van der Waals surface area contributed by atoms with Gasteiger partial charge >= 0.3 is 0 Å². The molecule has 1 fully saturated rings. The molecule has 1 atom stereocenters. The number of aromatic amines is 1. The van der Waals surface area contributed by atoms with Crippen molar-refractivity contribution in [3.05, 3.63) is 66.0 Å².